The quantitative estimate of drug-likeness (QED) is 0.181. The average Bonchev–Trinajstić information content (AvgIpc) is 3.13. The van der Waals surface area contributed by atoms with E-state index in [0.29, 0.717) is 11.3 Å². The van der Waals surface area contributed by atoms with E-state index in [1.54, 1.807) is 6.07 Å². The second kappa shape index (κ2) is 8.60. The summed E-state index contributed by atoms with van der Waals surface area (Å²) < 4.78 is 7.71. The van der Waals surface area contributed by atoms with E-state index >= 15 is 0 Å². The molecule has 29 heavy (non-hydrogen) atoms. The maximum Gasteiger partial charge on any atom is 0.352 e. The molecule has 0 aromatic rings. The van der Waals surface area contributed by atoms with Gasteiger partial charge in [0, 0.05) is 5.75 Å². The van der Waals surface area contributed by atoms with Crippen LogP contribution in [0, 0.1) is 16.1 Å². The number of carboxylic acids is 1. The predicted octanol–water partition coefficient (Wildman–Crippen LogP) is -0.410. The topological polar surface area (TPSA) is 168 Å². The maximum absolute atomic E-state index is 12.7. The Kier molecular flexibility index (Phi) is 6.16. The van der Waals surface area contributed by atoms with E-state index in [-0.39, 0.29) is 29.5 Å². The molecule has 0 bridgehead atoms. The minimum absolute atomic E-state index is 0.0911. The summed E-state index contributed by atoms with van der Waals surface area (Å²) >= 11 is 1.32. The van der Waals surface area contributed by atoms with Crippen LogP contribution in [-0.4, -0.2) is 62.9 Å². The van der Waals surface area contributed by atoms with Crippen LogP contribution >= 0.6 is 11.8 Å². The van der Waals surface area contributed by atoms with E-state index < -0.39 is 39.9 Å². The normalized spacial score (nSPS) is 26.9. The first-order valence-electron chi connectivity index (χ1n) is 8.16. The van der Waals surface area contributed by atoms with Crippen molar-refractivity contribution in [1.82, 2.24) is 15.7 Å². The monoisotopic (exact) mass is 436 g/mol. The molecule has 3 aliphatic heterocycles. The van der Waals surface area contributed by atoms with Gasteiger partial charge in [-0.3, -0.25) is 34.6 Å². The number of fused-ring (bicyclic) bond motifs is 1. The smallest absolute Gasteiger partial charge is 0.352 e. The molecule has 0 saturated carbocycles. The van der Waals surface area contributed by atoms with Gasteiger partial charge in [0.05, 0.1) is 23.1 Å². The van der Waals surface area contributed by atoms with E-state index in [1.165, 1.54) is 23.4 Å². The van der Waals surface area contributed by atoms with Gasteiger partial charge in [-0.25, -0.2) is 4.79 Å². The molecule has 3 heterocycles. The summed E-state index contributed by atoms with van der Waals surface area (Å²) in [5.74, 6) is -1.94. The summed E-state index contributed by atoms with van der Waals surface area (Å²) in [6.07, 6.45) is 1.40. The number of nitriles is 1. The summed E-state index contributed by atoms with van der Waals surface area (Å²) in [5.41, 5.74) is 4.25. The number of allylic oxidation sites excluding steroid dienone is 1. The molecule has 2 amide bonds. The fourth-order valence-electron chi connectivity index (χ4n) is 2.88. The minimum Gasteiger partial charge on any atom is -0.477 e. The van der Waals surface area contributed by atoms with E-state index in [1.807, 2.05) is 0 Å². The molecule has 152 valence electrons. The van der Waals surface area contributed by atoms with Gasteiger partial charge in [-0.1, -0.05) is 23.3 Å². The van der Waals surface area contributed by atoms with Crippen molar-refractivity contribution in [2.45, 2.75) is 11.4 Å². The number of β-lactam (4-membered cyclic amide) rings is 1. The van der Waals surface area contributed by atoms with Crippen molar-refractivity contribution in [2.24, 2.45) is 4.99 Å². The van der Waals surface area contributed by atoms with Crippen molar-refractivity contribution in [3.8, 4) is 6.07 Å². The third-order valence-electron chi connectivity index (χ3n) is 4.19. The molecule has 1 saturated heterocycles. The van der Waals surface area contributed by atoms with Crippen LogP contribution in [-0.2, 0) is 29.9 Å². The van der Waals surface area contributed by atoms with Crippen LogP contribution in [0.2, 0.25) is 0 Å². The molecule has 13 heteroatoms. The van der Waals surface area contributed by atoms with Gasteiger partial charge in [0.15, 0.2) is 6.61 Å². The van der Waals surface area contributed by atoms with Crippen LogP contribution in [0.5, 0.6) is 0 Å². The number of carbonyl (C=O) groups excluding carboxylic acids is 2. The van der Waals surface area contributed by atoms with E-state index in [2.05, 4.69) is 22.4 Å². The molecular weight excluding hydrogens is 420 g/mol. The van der Waals surface area contributed by atoms with Crippen molar-refractivity contribution in [1.29, 1.82) is 10.0 Å². The first-order valence-corrected chi connectivity index (χ1v) is 10.7. The number of thioether (sulfide) groups is 1. The van der Waals surface area contributed by atoms with Crippen LogP contribution in [0.25, 0.3) is 0 Å². The lowest BCUT2D eigenvalue weighted by Crippen LogP contribution is -2.70. The zero-order chi connectivity index (χ0) is 21.1. The van der Waals surface area contributed by atoms with Crippen LogP contribution in [0.3, 0.4) is 0 Å². The zero-order valence-corrected chi connectivity index (χ0v) is 16.5. The SMILES string of the molecule is C=CC1=C(C(=O)O)N2C(=O)C(NC(=O)C(NOCC#N)=C3CS(=N)C=N3)[C@@H]2SC1. The first-order chi connectivity index (χ1) is 13.9. The molecule has 4 N–H and O–H groups in total. The number of nitrogens with one attached hydrogen (secondary N) is 3. The number of hydrogen-bond donors (Lipinski definition) is 4. The van der Waals surface area contributed by atoms with Gasteiger partial charge in [-0.05, 0) is 5.57 Å². The van der Waals surface area contributed by atoms with E-state index in [0.717, 1.165) is 4.90 Å². The van der Waals surface area contributed by atoms with Crippen molar-refractivity contribution in [3.63, 3.8) is 0 Å². The van der Waals surface area contributed by atoms with Gasteiger partial charge >= 0.3 is 5.97 Å². The summed E-state index contributed by atoms with van der Waals surface area (Å²) in [4.78, 5) is 46.9. The highest BCUT2D eigenvalue weighted by atomic mass is 32.2. The predicted molar refractivity (Wildman–Crippen MR) is 105 cm³/mol. The van der Waals surface area contributed by atoms with Crippen LogP contribution < -0.4 is 10.8 Å². The highest BCUT2D eigenvalue weighted by Crippen LogP contribution is 2.40. The molecule has 3 aliphatic rings. The van der Waals surface area contributed by atoms with E-state index in [9.17, 15) is 19.5 Å². The molecular formula is C16H16N6O5S2. The lowest BCUT2D eigenvalue weighted by molar-refractivity contribution is -0.150. The van der Waals surface area contributed by atoms with Crippen molar-refractivity contribution < 1.29 is 24.3 Å². The molecule has 0 aromatic heterocycles. The van der Waals surface area contributed by atoms with Gasteiger partial charge in [-0.2, -0.15) is 5.26 Å². The number of carbonyl (C=O) groups is 3. The van der Waals surface area contributed by atoms with Crippen molar-refractivity contribution in [2.75, 3.05) is 18.1 Å². The summed E-state index contributed by atoms with van der Waals surface area (Å²) in [7, 11) is -0.877. The molecule has 0 aromatic carbocycles. The fraction of sp³-hybridized carbons (Fsp3) is 0.312. The van der Waals surface area contributed by atoms with Gasteiger partial charge in [-0.15, -0.1) is 11.8 Å². The molecule has 1 fully saturated rings. The highest BCUT2D eigenvalue weighted by molar-refractivity contribution is 8.00. The molecule has 0 spiro atoms. The number of amides is 2. The number of rotatable bonds is 7. The minimum atomic E-state index is -1.24. The van der Waals surface area contributed by atoms with Gasteiger partial charge in [0.1, 0.15) is 22.8 Å². The second-order valence-electron chi connectivity index (χ2n) is 5.92. The number of aliphatic imine (C=N–C) groups is 1. The maximum atomic E-state index is 12.7. The molecule has 3 atom stereocenters. The van der Waals surface area contributed by atoms with Crippen LogP contribution in [0.15, 0.2) is 40.3 Å². The summed E-state index contributed by atoms with van der Waals surface area (Å²) in [6, 6.07) is 0.819. The Balaban J connectivity index is 1.78. The Morgan fingerprint density at radius 1 is 1.62 bits per heavy atom. The van der Waals surface area contributed by atoms with E-state index in [4.69, 9.17) is 14.9 Å². The lowest BCUT2D eigenvalue weighted by atomic mass is 10.0. The van der Waals surface area contributed by atoms with Crippen LogP contribution in [0.1, 0.15) is 0 Å². The summed E-state index contributed by atoms with van der Waals surface area (Å²) in [5, 5.41) is 20.0. The molecule has 0 radical (unpaired) electrons. The number of nitrogens with zero attached hydrogens (tertiary/aromatic N) is 3. The van der Waals surface area contributed by atoms with Gasteiger partial charge in [0.2, 0.25) is 0 Å². The number of hydrogen-bond acceptors (Lipinski definition) is 9. The number of carboxylic acid groups (broad SMARTS) is 1. The Labute approximate surface area is 172 Å². The number of hydroxylamine groups is 1. The molecule has 3 rings (SSSR count). The second-order valence-corrected chi connectivity index (χ2v) is 8.38. The Morgan fingerprint density at radius 3 is 2.97 bits per heavy atom. The Hall–Kier alpha value is -2.95. The first kappa shape index (κ1) is 20.8. The Morgan fingerprint density at radius 2 is 2.38 bits per heavy atom. The van der Waals surface area contributed by atoms with Gasteiger partial charge in [0.25, 0.3) is 11.8 Å². The van der Waals surface area contributed by atoms with Crippen molar-refractivity contribution in [3.05, 3.63) is 35.3 Å². The van der Waals surface area contributed by atoms with Gasteiger partial charge < -0.3 is 10.4 Å². The molecule has 0 aliphatic carbocycles. The van der Waals surface area contributed by atoms with Crippen molar-refractivity contribution >= 4 is 45.8 Å². The zero-order valence-electron chi connectivity index (χ0n) is 14.9. The summed E-state index contributed by atoms with van der Waals surface area (Å²) in [6.45, 7) is 3.25. The largest absolute Gasteiger partial charge is 0.477 e. The molecule has 2 unspecified atom stereocenters. The molecule has 11 nitrogen and oxygen atoms in total. The number of aliphatic carboxylic acids is 1. The highest BCUT2D eigenvalue weighted by Gasteiger charge is 2.54. The van der Waals surface area contributed by atoms with Crippen LogP contribution in [0.4, 0.5) is 0 Å². The third kappa shape index (κ3) is 3.95. The Bertz CT molecular complexity index is 950. The average molecular weight is 436 g/mol. The third-order valence-corrected chi connectivity index (χ3v) is 6.43. The lowest BCUT2D eigenvalue weighted by Gasteiger charge is -2.49. The fourth-order valence-corrected chi connectivity index (χ4v) is 5.06. The standard InChI is InChI=1S/C16H16N6O5S2/c1-2-8-5-28-15-11(14(24)22(15)12(8)16(25)26)20-13(23)10(21-27-4-3-17)9-6-29(18)7-19-9/h2,7,11,15,18,21H,1,4-6H2,(H,20,23)(H,25,26)/t11?,15-,29?/m0/s1.